The van der Waals surface area contributed by atoms with E-state index in [4.69, 9.17) is 41.0 Å². The minimum Gasteiger partial charge on any atom is -0.393 e. The maximum absolute atomic E-state index is 13.3. The quantitative estimate of drug-likeness (QED) is 0.124. The number of nitrogens with two attached hydrogens (primary N) is 3. The molecule has 3 unspecified atom stereocenters. The van der Waals surface area contributed by atoms with Gasteiger partial charge in [0.25, 0.3) is 0 Å². The Kier molecular flexibility index (Phi) is 8.79. The summed E-state index contributed by atoms with van der Waals surface area (Å²) in [5, 5.41) is 24.0. The molecule has 4 heterocycles. The summed E-state index contributed by atoms with van der Waals surface area (Å²) in [4.78, 5) is 52.4. The van der Waals surface area contributed by atoms with Crippen molar-refractivity contribution in [3.8, 4) is 0 Å². The van der Waals surface area contributed by atoms with Gasteiger partial charge in [-0.2, -0.15) is 4.98 Å². The molecule has 2 aliphatic heterocycles. The average molecular weight is 610 g/mol. The number of nitrogens with one attached hydrogen (secondary N) is 1. The standard InChI is InChI=1S/C18H28N8O12P2/c19-10-1-2-26(18(29)24-10)17-12(28)13(9(38-17)5-36-40(32,33)34)39(30,31)35-4-7-3-8(27)16(37-7)25-15-11(20)14(21)22-6-23-15/h1-2,6-9,12-13,16-17,27-28H,3-5,20H2,(H,30,31)(H2,19,24,29)(H2,32,33,34)(H3,21,22,23,25)/t7?,8-,9-,12-,13-,16-,17?/m1/s1. The van der Waals surface area contributed by atoms with Crippen LogP contribution >= 0.6 is 15.4 Å². The van der Waals surface area contributed by atoms with Gasteiger partial charge in [-0.15, -0.1) is 0 Å². The van der Waals surface area contributed by atoms with Crippen LogP contribution in [-0.2, 0) is 27.7 Å². The first-order chi connectivity index (χ1) is 18.7. The van der Waals surface area contributed by atoms with E-state index >= 15 is 0 Å². The van der Waals surface area contributed by atoms with Crippen LogP contribution in [-0.4, -0.2) is 93.9 Å². The number of ether oxygens (including phenoxy) is 2. The van der Waals surface area contributed by atoms with Crippen molar-refractivity contribution in [1.29, 1.82) is 0 Å². The summed E-state index contributed by atoms with van der Waals surface area (Å²) in [6, 6.07) is 1.21. The van der Waals surface area contributed by atoms with E-state index in [1.165, 1.54) is 6.07 Å². The molecule has 40 heavy (non-hydrogen) atoms. The maximum atomic E-state index is 13.3. The van der Waals surface area contributed by atoms with Crippen LogP contribution in [0.4, 0.5) is 23.1 Å². The molecule has 22 heteroatoms. The van der Waals surface area contributed by atoms with Crippen LogP contribution in [0.15, 0.2) is 23.4 Å². The summed E-state index contributed by atoms with van der Waals surface area (Å²) < 4.78 is 46.1. The predicted molar refractivity (Wildman–Crippen MR) is 134 cm³/mol. The minimum absolute atomic E-state index is 0.00367. The molecule has 2 aromatic heterocycles. The van der Waals surface area contributed by atoms with E-state index < -0.39 is 76.9 Å². The number of hydrogen-bond acceptors (Lipinski definition) is 16. The van der Waals surface area contributed by atoms with Crippen molar-refractivity contribution in [3.05, 3.63) is 29.1 Å². The molecule has 2 aliphatic rings. The summed E-state index contributed by atoms with van der Waals surface area (Å²) in [5.74, 6) is -0.0557. The van der Waals surface area contributed by atoms with Gasteiger partial charge in [-0.25, -0.2) is 19.3 Å². The van der Waals surface area contributed by atoms with Gasteiger partial charge in [-0.1, -0.05) is 0 Å². The predicted octanol–water partition coefficient (Wildman–Crippen LogP) is -2.69. The van der Waals surface area contributed by atoms with Crippen molar-refractivity contribution in [2.45, 2.75) is 49.0 Å². The first kappa shape index (κ1) is 30.2. The molecule has 0 bridgehead atoms. The van der Waals surface area contributed by atoms with Crippen molar-refractivity contribution in [3.63, 3.8) is 0 Å². The lowest BCUT2D eigenvalue weighted by molar-refractivity contribution is -0.0524. The van der Waals surface area contributed by atoms with E-state index in [2.05, 4.69) is 24.8 Å². The number of hydrogen-bond donors (Lipinski definition) is 9. The molecule has 0 aliphatic carbocycles. The van der Waals surface area contributed by atoms with Crippen LogP contribution in [0.25, 0.3) is 0 Å². The molecular weight excluding hydrogens is 582 g/mol. The summed E-state index contributed by atoms with van der Waals surface area (Å²) in [6.07, 6.45) is -6.04. The van der Waals surface area contributed by atoms with Gasteiger partial charge in [0, 0.05) is 12.6 Å². The highest BCUT2D eigenvalue weighted by Gasteiger charge is 2.55. The Morgan fingerprint density at radius 2 is 1.82 bits per heavy atom. The van der Waals surface area contributed by atoms with E-state index in [9.17, 15) is 29.0 Å². The number of aliphatic hydroxyl groups excluding tert-OH is 2. The number of anilines is 4. The molecule has 222 valence electrons. The highest BCUT2D eigenvalue weighted by atomic mass is 31.2. The molecule has 20 nitrogen and oxygen atoms in total. The monoisotopic (exact) mass is 610 g/mol. The van der Waals surface area contributed by atoms with Gasteiger partial charge in [0.1, 0.15) is 41.8 Å². The highest BCUT2D eigenvalue weighted by Crippen LogP contribution is 2.56. The SMILES string of the molecule is Nc1ccn(C2O[C@H](COP(=O)(O)O)[C@@H](P(=O)(O)OCC3C[C@@H](O)[C@H](Nc4ncnc(N)c4N)O3)[C@H]2O)c(=O)n1. The van der Waals surface area contributed by atoms with Crippen LogP contribution in [0.5, 0.6) is 0 Å². The number of nitrogen functional groups attached to an aromatic ring is 3. The van der Waals surface area contributed by atoms with Crippen LogP contribution in [0.2, 0.25) is 0 Å². The molecule has 0 aromatic carbocycles. The van der Waals surface area contributed by atoms with Gasteiger partial charge >= 0.3 is 21.1 Å². The van der Waals surface area contributed by atoms with E-state index in [1.807, 2.05) is 0 Å². The van der Waals surface area contributed by atoms with Crippen molar-refractivity contribution >= 4 is 38.6 Å². The second kappa shape index (κ2) is 11.6. The van der Waals surface area contributed by atoms with Gasteiger partial charge in [0.2, 0.25) is 0 Å². The summed E-state index contributed by atoms with van der Waals surface area (Å²) in [5.41, 5.74) is 14.1. The Morgan fingerprint density at radius 1 is 1.10 bits per heavy atom. The fraction of sp³-hybridized carbons (Fsp3) is 0.556. The topological polar surface area (TPSA) is 323 Å². The second-order valence-electron chi connectivity index (χ2n) is 8.88. The first-order valence-corrected chi connectivity index (χ1v) is 14.7. The third-order valence-electron chi connectivity index (χ3n) is 6.08. The molecule has 0 spiro atoms. The van der Waals surface area contributed by atoms with Crippen molar-refractivity contribution < 1.29 is 52.5 Å². The Bertz CT molecular complexity index is 1380. The summed E-state index contributed by atoms with van der Waals surface area (Å²) >= 11 is 0. The number of aromatic nitrogens is 4. The van der Waals surface area contributed by atoms with Crippen LogP contribution < -0.4 is 28.2 Å². The van der Waals surface area contributed by atoms with Crippen molar-refractivity contribution in [2.75, 3.05) is 35.7 Å². The number of phosphoric acid groups is 1. The van der Waals surface area contributed by atoms with E-state index in [0.717, 1.165) is 17.1 Å². The molecule has 0 radical (unpaired) electrons. The number of phosphoric ester groups is 1. The molecule has 2 aromatic rings. The Labute approximate surface area is 224 Å². The minimum atomic E-state index is -5.06. The molecule has 12 N–H and O–H groups in total. The average Bonchev–Trinajstić information content (AvgIpc) is 3.38. The normalized spacial score (nSPS) is 30.3. The lowest BCUT2D eigenvalue weighted by Crippen LogP contribution is -2.37. The van der Waals surface area contributed by atoms with E-state index in [0.29, 0.717) is 0 Å². The Morgan fingerprint density at radius 3 is 2.50 bits per heavy atom. The summed E-state index contributed by atoms with van der Waals surface area (Å²) in [6.45, 7) is -1.50. The van der Waals surface area contributed by atoms with Gasteiger partial charge in [0.05, 0.1) is 19.3 Å². The van der Waals surface area contributed by atoms with Gasteiger partial charge in [-0.3, -0.25) is 13.7 Å². The third kappa shape index (κ3) is 6.76. The molecule has 2 fully saturated rings. The molecule has 2 saturated heterocycles. The Balaban J connectivity index is 1.47. The smallest absolute Gasteiger partial charge is 0.393 e. The second-order valence-corrected chi connectivity index (χ2v) is 12.1. The molecule has 8 atom stereocenters. The summed E-state index contributed by atoms with van der Waals surface area (Å²) in [7, 11) is -9.96. The molecule has 4 rings (SSSR count). The van der Waals surface area contributed by atoms with Crippen molar-refractivity contribution in [1.82, 2.24) is 19.5 Å². The zero-order valence-electron chi connectivity index (χ0n) is 20.4. The lowest BCUT2D eigenvalue weighted by Gasteiger charge is -2.26. The van der Waals surface area contributed by atoms with Crippen LogP contribution in [0, 0.1) is 0 Å². The molecular formula is C18H28N8O12P2. The molecule has 0 saturated carbocycles. The lowest BCUT2D eigenvalue weighted by atomic mass is 10.2. The molecule has 0 amide bonds. The highest BCUT2D eigenvalue weighted by molar-refractivity contribution is 7.53. The fourth-order valence-electron chi connectivity index (χ4n) is 4.21. The largest absolute Gasteiger partial charge is 0.469 e. The zero-order valence-corrected chi connectivity index (χ0v) is 22.2. The van der Waals surface area contributed by atoms with Crippen LogP contribution in [0.3, 0.4) is 0 Å². The van der Waals surface area contributed by atoms with E-state index in [-0.39, 0.29) is 29.6 Å². The first-order valence-electron chi connectivity index (χ1n) is 11.5. The van der Waals surface area contributed by atoms with E-state index in [1.54, 1.807) is 0 Å². The fourth-order valence-corrected chi connectivity index (χ4v) is 6.21. The van der Waals surface area contributed by atoms with Gasteiger partial charge in [0.15, 0.2) is 24.1 Å². The number of aliphatic hydroxyl groups is 2. The van der Waals surface area contributed by atoms with Gasteiger partial charge < -0.3 is 61.4 Å². The zero-order chi connectivity index (χ0) is 29.4. The van der Waals surface area contributed by atoms with Crippen LogP contribution in [0.1, 0.15) is 12.6 Å². The number of nitrogens with zero attached hydrogens (tertiary/aromatic N) is 4. The van der Waals surface area contributed by atoms with Gasteiger partial charge in [-0.05, 0) is 6.07 Å². The number of rotatable bonds is 10. The Hall–Kier alpha value is -2.74. The van der Waals surface area contributed by atoms with Crippen molar-refractivity contribution in [2.24, 2.45) is 0 Å². The maximum Gasteiger partial charge on any atom is 0.469 e. The third-order valence-corrected chi connectivity index (χ3v) is 8.47.